The van der Waals surface area contributed by atoms with Gasteiger partial charge in [-0.2, -0.15) is 0 Å². The number of nitrogens with zero attached hydrogens (tertiary/aromatic N) is 2. The topological polar surface area (TPSA) is 6.48 Å². The summed E-state index contributed by atoms with van der Waals surface area (Å²) in [7, 11) is 0. The van der Waals surface area contributed by atoms with Gasteiger partial charge in [0, 0.05) is 32.7 Å². The Morgan fingerprint density at radius 3 is 1.48 bits per heavy atom. The van der Waals surface area contributed by atoms with Crippen molar-refractivity contribution in [3.8, 4) is 0 Å². The monoisotopic (exact) mass is 376 g/mol. The molecule has 158 valence electrons. The molecule has 4 fully saturated rings. The van der Waals surface area contributed by atoms with Gasteiger partial charge in [0.05, 0.1) is 0 Å². The lowest BCUT2D eigenvalue weighted by Crippen LogP contribution is -2.43. The van der Waals surface area contributed by atoms with Crippen LogP contribution in [0.3, 0.4) is 0 Å². The van der Waals surface area contributed by atoms with E-state index in [1.165, 1.54) is 97.1 Å². The van der Waals surface area contributed by atoms with Gasteiger partial charge in [-0.3, -0.25) is 0 Å². The Kier molecular flexibility index (Phi) is 8.51. The van der Waals surface area contributed by atoms with Crippen LogP contribution in [-0.2, 0) is 0 Å². The van der Waals surface area contributed by atoms with Gasteiger partial charge in [-0.1, -0.05) is 59.8 Å². The maximum Gasteiger partial charge on any atom is 0.00130 e. The molecule has 4 unspecified atom stereocenters. The molecule has 0 aromatic heterocycles. The first kappa shape index (κ1) is 21.6. The third-order valence-corrected chi connectivity index (χ3v) is 7.67. The van der Waals surface area contributed by atoms with Gasteiger partial charge < -0.3 is 9.80 Å². The summed E-state index contributed by atoms with van der Waals surface area (Å²) in [6.07, 6.45) is 13.5. The number of likely N-dealkylation sites (tertiary alicyclic amines) is 2. The molecule has 4 aliphatic rings. The second kappa shape index (κ2) is 10.6. The normalized spacial score (nSPS) is 34.9. The molecule has 0 aromatic carbocycles. The van der Waals surface area contributed by atoms with E-state index in [9.17, 15) is 0 Å². The Morgan fingerprint density at radius 1 is 0.556 bits per heavy atom. The van der Waals surface area contributed by atoms with Gasteiger partial charge in [0.2, 0.25) is 0 Å². The van der Waals surface area contributed by atoms with Gasteiger partial charge in [0.1, 0.15) is 0 Å². The molecule has 0 radical (unpaired) electrons. The SMILES string of the molecule is CC(C)CN1CC2CCCCC2C1.CC(C)CN1CCC2CCCCC2C1. The Bertz CT molecular complexity index is 405. The summed E-state index contributed by atoms with van der Waals surface area (Å²) >= 11 is 0. The molecule has 0 bridgehead atoms. The van der Waals surface area contributed by atoms with Crippen molar-refractivity contribution in [1.29, 1.82) is 0 Å². The minimum absolute atomic E-state index is 0.843. The van der Waals surface area contributed by atoms with Crippen molar-refractivity contribution in [3.05, 3.63) is 0 Å². The average molecular weight is 377 g/mol. The van der Waals surface area contributed by atoms with Gasteiger partial charge >= 0.3 is 0 Å². The van der Waals surface area contributed by atoms with E-state index >= 15 is 0 Å². The lowest BCUT2D eigenvalue weighted by molar-refractivity contribution is 0.0791. The third kappa shape index (κ3) is 6.74. The molecule has 2 nitrogen and oxygen atoms in total. The van der Waals surface area contributed by atoms with Crippen LogP contribution < -0.4 is 0 Å². The highest BCUT2D eigenvalue weighted by atomic mass is 15.2. The van der Waals surface area contributed by atoms with Gasteiger partial charge in [0.15, 0.2) is 0 Å². The van der Waals surface area contributed by atoms with E-state index < -0.39 is 0 Å². The summed E-state index contributed by atoms with van der Waals surface area (Å²) in [5, 5.41) is 0. The molecule has 4 rings (SSSR count). The zero-order valence-electron chi connectivity index (χ0n) is 19.0. The molecule has 0 aromatic rings. The van der Waals surface area contributed by atoms with Crippen molar-refractivity contribution in [2.24, 2.45) is 35.5 Å². The predicted octanol–water partition coefficient (Wildman–Crippen LogP) is 5.92. The van der Waals surface area contributed by atoms with E-state index in [2.05, 4.69) is 37.5 Å². The number of rotatable bonds is 4. The van der Waals surface area contributed by atoms with Crippen LogP contribution in [0, 0.1) is 35.5 Å². The zero-order valence-corrected chi connectivity index (χ0v) is 19.0. The van der Waals surface area contributed by atoms with Crippen LogP contribution >= 0.6 is 0 Å². The summed E-state index contributed by atoms with van der Waals surface area (Å²) in [6.45, 7) is 17.6. The first-order valence-electron chi connectivity index (χ1n) is 12.5. The molecule has 2 heterocycles. The standard InChI is InChI=1S/C13H25N.C12H23N/c1-11(2)9-14-8-7-12-5-3-4-6-13(12)10-14;1-10(2)7-13-8-11-5-3-4-6-12(11)9-13/h11-13H,3-10H2,1-2H3;10-12H,3-9H2,1-2H3. The highest BCUT2D eigenvalue weighted by Crippen LogP contribution is 2.37. The largest absolute Gasteiger partial charge is 0.303 e. The fraction of sp³-hybridized carbons (Fsp3) is 1.00. The van der Waals surface area contributed by atoms with E-state index in [1.54, 1.807) is 0 Å². The molecule has 2 aliphatic carbocycles. The second-order valence-electron chi connectivity index (χ2n) is 11.2. The first-order valence-corrected chi connectivity index (χ1v) is 12.5. The molecule has 0 spiro atoms. The highest BCUT2D eigenvalue weighted by molar-refractivity contribution is 4.87. The van der Waals surface area contributed by atoms with E-state index in [4.69, 9.17) is 0 Å². The molecule has 2 saturated heterocycles. The maximum absolute atomic E-state index is 2.71. The van der Waals surface area contributed by atoms with Crippen LogP contribution in [0.15, 0.2) is 0 Å². The van der Waals surface area contributed by atoms with Crippen molar-refractivity contribution >= 4 is 0 Å². The van der Waals surface area contributed by atoms with Crippen molar-refractivity contribution in [3.63, 3.8) is 0 Å². The average Bonchev–Trinajstić information content (AvgIpc) is 3.03. The summed E-state index contributed by atoms with van der Waals surface area (Å²) in [5.41, 5.74) is 0. The highest BCUT2D eigenvalue weighted by Gasteiger charge is 2.34. The molecule has 2 aliphatic heterocycles. The predicted molar refractivity (Wildman–Crippen MR) is 118 cm³/mol. The van der Waals surface area contributed by atoms with E-state index in [-0.39, 0.29) is 0 Å². The van der Waals surface area contributed by atoms with E-state index in [0.29, 0.717) is 0 Å². The number of hydrogen-bond acceptors (Lipinski definition) is 2. The van der Waals surface area contributed by atoms with Gasteiger partial charge in [-0.25, -0.2) is 0 Å². The molecule has 0 amide bonds. The summed E-state index contributed by atoms with van der Waals surface area (Å²) in [5.74, 6) is 5.96. The summed E-state index contributed by atoms with van der Waals surface area (Å²) in [4.78, 5) is 5.41. The lowest BCUT2D eigenvalue weighted by atomic mass is 9.75. The minimum Gasteiger partial charge on any atom is -0.303 e. The Morgan fingerprint density at radius 2 is 0.963 bits per heavy atom. The molecule has 0 N–H and O–H groups in total. The summed E-state index contributed by atoms with van der Waals surface area (Å²) < 4.78 is 0. The minimum atomic E-state index is 0.843. The van der Waals surface area contributed by atoms with Crippen LogP contribution in [0.25, 0.3) is 0 Å². The van der Waals surface area contributed by atoms with E-state index in [0.717, 1.165) is 35.5 Å². The Balaban J connectivity index is 0.000000156. The molecule has 2 heteroatoms. The van der Waals surface area contributed by atoms with Gasteiger partial charge in [-0.05, 0) is 67.7 Å². The third-order valence-electron chi connectivity index (χ3n) is 7.67. The first-order chi connectivity index (χ1) is 13.0. The fourth-order valence-electron chi connectivity index (χ4n) is 6.53. The van der Waals surface area contributed by atoms with Crippen molar-refractivity contribution in [2.45, 2.75) is 85.5 Å². The van der Waals surface area contributed by atoms with Crippen molar-refractivity contribution < 1.29 is 0 Å². The lowest BCUT2D eigenvalue weighted by Gasteiger charge is -2.41. The van der Waals surface area contributed by atoms with Crippen LogP contribution in [-0.4, -0.2) is 49.1 Å². The van der Waals surface area contributed by atoms with E-state index in [1.807, 2.05) is 0 Å². The maximum atomic E-state index is 2.71. The van der Waals surface area contributed by atoms with Crippen LogP contribution in [0.2, 0.25) is 0 Å². The number of fused-ring (bicyclic) bond motifs is 2. The van der Waals surface area contributed by atoms with Gasteiger partial charge in [-0.15, -0.1) is 0 Å². The second-order valence-corrected chi connectivity index (χ2v) is 11.2. The van der Waals surface area contributed by atoms with Crippen LogP contribution in [0.5, 0.6) is 0 Å². The Labute approximate surface area is 170 Å². The number of piperidine rings is 1. The Hall–Kier alpha value is -0.0800. The van der Waals surface area contributed by atoms with Crippen LogP contribution in [0.1, 0.15) is 85.5 Å². The number of hydrogen-bond donors (Lipinski definition) is 0. The summed E-state index contributed by atoms with van der Waals surface area (Å²) in [6, 6.07) is 0. The zero-order chi connectivity index (χ0) is 19.2. The van der Waals surface area contributed by atoms with Gasteiger partial charge in [0.25, 0.3) is 0 Å². The van der Waals surface area contributed by atoms with Crippen LogP contribution in [0.4, 0.5) is 0 Å². The quantitative estimate of drug-likeness (QED) is 0.601. The van der Waals surface area contributed by atoms with Crippen molar-refractivity contribution in [1.82, 2.24) is 9.80 Å². The molecular formula is C25H48N2. The smallest absolute Gasteiger partial charge is 0.00130 e. The van der Waals surface area contributed by atoms with Crippen molar-refractivity contribution in [2.75, 3.05) is 39.3 Å². The molecular weight excluding hydrogens is 328 g/mol. The molecule has 2 saturated carbocycles. The molecule has 4 atom stereocenters. The molecule has 27 heavy (non-hydrogen) atoms. The fourth-order valence-corrected chi connectivity index (χ4v) is 6.53.